The van der Waals surface area contributed by atoms with Gasteiger partial charge >= 0.3 is 0 Å². The fraction of sp³-hybridized carbons (Fsp3) is 0. The van der Waals surface area contributed by atoms with Gasteiger partial charge in [-0.2, -0.15) is 0 Å². The van der Waals surface area contributed by atoms with Crippen molar-refractivity contribution in [1.82, 2.24) is 9.97 Å². The molecule has 0 aliphatic carbocycles. The molecule has 0 aromatic carbocycles. The summed E-state index contributed by atoms with van der Waals surface area (Å²) < 4.78 is 0. The van der Waals surface area contributed by atoms with Crippen molar-refractivity contribution in [1.29, 1.82) is 0 Å². The van der Waals surface area contributed by atoms with Crippen molar-refractivity contribution in [3.8, 4) is 0 Å². The van der Waals surface area contributed by atoms with Crippen molar-refractivity contribution in [2.75, 3.05) is 5.32 Å². The molecule has 2 rings (SSSR count). The summed E-state index contributed by atoms with van der Waals surface area (Å²) in [6.45, 7) is 0. The molecule has 82 valence electrons. The Morgan fingerprint density at radius 2 is 1.69 bits per heavy atom. The minimum absolute atomic E-state index is 0. The number of hydrogen-bond acceptors (Lipinski definition) is 3. The first-order chi connectivity index (χ1) is 7.36. The van der Waals surface area contributed by atoms with Crippen LogP contribution in [0.2, 0.25) is 0 Å². The Morgan fingerprint density at radius 3 is 2.25 bits per heavy atom. The smallest absolute Gasteiger partial charge is 0.130 e. The molecule has 0 aliphatic rings. The van der Waals surface area contributed by atoms with Crippen LogP contribution >= 0.6 is 24.6 Å². The molecule has 0 saturated carbocycles. The van der Waals surface area contributed by atoms with E-state index in [9.17, 15) is 0 Å². The van der Waals surface area contributed by atoms with E-state index in [1.54, 1.807) is 12.4 Å². The highest BCUT2D eigenvalue weighted by Gasteiger charge is 2.01. The van der Waals surface area contributed by atoms with E-state index in [2.05, 4.69) is 15.3 Å². The largest absolute Gasteiger partial charge is 0.330 e. The van der Waals surface area contributed by atoms with E-state index in [1.165, 1.54) is 0 Å². The lowest BCUT2D eigenvalue weighted by atomic mass is 10.3. The van der Waals surface area contributed by atoms with Crippen LogP contribution in [0.1, 0.15) is 5.69 Å². The molecule has 2 aromatic heterocycles. The zero-order valence-electron chi connectivity index (χ0n) is 8.33. The zero-order chi connectivity index (χ0) is 10.5. The van der Waals surface area contributed by atoms with Gasteiger partial charge in [0.25, 0.3) is 0 Å². The molecule has 3 nitrogen and oxygen atoms in total. The van der Waals surface area contributed by atoms with Crippen LogP contribution in [0.3, 0.4) is 0 Å². The molecule has 2 aromatic rings. The summed E-state index contributed by atoms with van der Waals surface area (Å²) in [5.41, 5.74) is 0.748. The van der Waals surface area contributed by atoms with E-state index in [1.807, 2.05) is 36.4 Å². The maximum atomic E-state index is 5.19. The number of rotatable bonds is 2. The maximum absolute atomic E-state index is 5.19. The van der Waals surface area contributed by atoms with Gasteiger partial charge in [-0.3, -0.25) is 4.98 Å². The van der Waals surface area contributed by atoms with Crippen LogP contribution in [0.15, 0.2) is 48.8 Å². The topological polar surface area (TPSA) is 37.8 Å². The number of nitrogens with zero attached hydrogens (tertiary/aromatic N) is 2. The normalized spacial score (nSPS) is 9.00. The quantitative estimate of drug-likeness (QED) is 0.833. The van der Waals surface area contributed by atoms with E-state index in [4.69, 9.17) is 12.2 Å². The molecule has 16 heavy (non-hydrogen) atoms. The molecule has 0 unspecified atom stereocenters. The predicted octanol–water partition coefficient (Wildman–Crippen LogP) is 2.69. The van der Waals surface area contributed by atoms with Crippen molar-refractivity contribution >= 4 is 35.4 Å². The molecule has 2 heterocycles. The molecule has 0 spiro atoms. The van der Waals surface area contributed by atoms with Crippen LogP contribution in [0.25, 0.3) is 0 Å². The van der Waals surface area contributed by atoms with Crippen molar-refractivity contribution in [3.05, 3.63) is 54.5 Å². The highest BCUT2D eigenvalue weighted by Crippen LogP contribution is 2.04. The molecular weight excluding hydrogens is 242 g/mol. The Morgan fingerprint density at radius 1 is 1.00 bits per heavy atom. The molecule has 0 amide bonds. The molecule has 0 radical (unpaired) electrons. The first-order valence-electron chi connectivity index (χ1n) is 4.50. The number of halogens is 1. The van der Waals surface area contributed by atoms with Crippen LogP contribution in [0.5, 0.6) is 0 Å². The lowest BCUT2D eigenvalue weighted by molar-refractivity contribution is 1.28. The summed E-state index contributed by atoms with van der Waals surface area (Å²) in [7, 11) is 0. The Hall–Kier alpha value is -1.52. The SMILES string of the molecule is Cl.S=C(Nc1ccccn1)c1ccccn1. The van der Waals surface area contributed by atoms with Crippen LogP contribution in [-0.4, -0.2) is 15.0 Å². The highest BCUT2D eigenvalue weighted by atomic mass is 35.5. The van der Waals surface area contributed by atoms with Gasteiger partial charge in [-0.1, -0.05) is 24.4 Å². The molecule has 0 aliphatic heterocycles. The number of hydrogen-bond donors (Lipinski definition) is 1. The molecule has 0 saturated heterocycles. The molecule has 0 bridgehead atoms. The van der Waals surface area contributed by atoms with Crippen LogP contribution < -0.4 is 5.32 Å². The molecular formula is C11H10ClN3S. The summed E-state index contributed by atoms with van der Waals surface area (Å²) in [6.07, 6.45) is 3.42. The monoisotopic (exact) mass is 251 g/mol. The van der Waals surface area contributed by atoms with E-state index >= 15 is 0 Å². The third-order valence-corrected chi connectivity index (χ3v) is 2.12. The number of aromatic nitrogens is 2. The molecule has 0 atom stereocenters. The number of thiocarbonyl (C=S) groups is 1. The van der Waals surface area contributed by atoms with E-state index in [0.717, 1.165) is 11.5 Å². The van der Waals surface area contributed by atoms with E-state index in [0.29, 0.717) is 4.99 Å². The fourth-order valence-corrected chi connectivity index (χ4v) is 1.34. The Kier molecular flexibility index (Phi) is 4.82. The van der Waals surface area contributed by atoms with Gasteiger partial charge in [-0.05, 0) is 24.3 Å². The Labute approximate surface area is 105 Å². The first-order valence-corrected chi connectivity index (χ1v) is 4.90. The third kappa shape index (κ3) is 3.25. The van der Waals surface area contributed by atoms with Gasteiger partial charge in [0, 0.05) is 12.4 Å². The van der Waals surface area contributed by atoms with Gasteiger partial charge in [-0.15, -0.1) is 12.4 Å². The maximum Gasteiger partial charge on any atom is 0.130 e. The van der Waals surface area contributed by atoms with Gasteiger partial charge in [0.05, 0.1) is 5.69 Å². The van der Waals surface area contributed by atoms with Crippen LogP contribution in [0, 0.1) is 0 Å². The standard InChI is InChI=1S/C11H9N3S.ClH/c15-11(9-5-1-3-7-12-9)14-10-6-2-4-8-13-10;/h1-8H,(H,13,14,15);1H. The van der Waals surface area contributed by atoms with Gasteiger partial charge in [0.1, 0.15) is 10.8 Å². The summed E-state index contributed by atoms with van der Waals surface area (Å²) in [5, 5.41) is 3.02. The second-order valence-electron chi connectivity index (χ2n) is 2.88. The second-order valence-corrected chi connectivity index (χ2v) is 3.29. The van der Waals surface area contributed by atoms with Crippen molar-refractivity contribution in [2.45, 2.75) is 0 Å². The minimum Gasteiger partial charge on any atom is -0.330 e. The molecule has 0 fully saturated rings. The van der Waals surface area contributed by atoms with Crippen molar-refractivity contribution in [3.63, 3.8) is 0 Å². The summed E-state index contributed by atoms with van der Waals surface area (Å²) in [4.78, 5) is 8.84. The number of nitrogens with one attached hydrogen (secondary N) is 1. The molecule has 5 heteroatoms. The summed E-state index contributed by atoms with van der Waals surface area (Å²) in [6, 6.07) is 11.2. The second kappa shape index (κ2) is 6.15. The highest BCUT2D eigenvalue weighted by molar-refractivity contribution is 7.81. The van der Waals surface area contributed by atoms with Crippen LogP contribution in [0.4, 0.5) is 5.82 Å². The van der Waals surface area contributed by atoms with Crippen molar-refractivity contribution in [2.24, 2.45) is 0 Å². The number of anilines is 1. The van der Waals surface area contributed by atoms with Gasteiger partial charge < -0.3 is 5.32 Å². The Bertz CT molecular complexity index is 447. The van der Waals surface area contributed by atoms with Gasteiger partial charge in [0.15, 0.2) is 0 Å². The fourth-order valence-electron chi connectivity index (χ4n) is 1.11. The average molecular weight is 252 g/mol. The predicted molar refractivity (Wildman–Crippen MR) is 71.0 cm³/mol. The first kappa shape index (κ1) is 12.5. The summed E-state index contributed by atoms with van der Waals surface area (Å²) >= 11 is 5.19. The van der Waals surface area contributed by atoms with E-state index < -0.39 is 0 Å². The minimum atomic E-state index is 0. The Balaban J connectivity index is 0.00000128. The van der Waals surface area contributed by atoms with Gasteiger partial charge in [0.2, 0.25) is 0 Å². The number of pyridine rings is 2. The average Bonchev–Trinajstić information content (AvgIpc) is 2.31. The third-order valence-electron chi connectivity index (χ3n) is 1.80. The lowest BCUT2D eigenvalue weighted by Gasteiger charge is -2.05. The van der Waals surface area contributed by atoms with Crippen LogP contribution in [-0.2, 0) is 0 Å². The zero-order valence-corrected chi connectivity index (χ0v) is 9.96. The van der Waals surface area contributed by atoms with Gasteiger partial charge in [-0.25, -0.2) is 4.98 Å². The molecule has 1 N–H and O–H groups in total. The van der Waals surface area contributed by atoms with E-state index in [-0.39, 0.29) is 12.4 Å². The van der Waals surface area contributed by atoms with Crippen molar-refractivity contribution < 1.29 is 0 Å². The summed E-state index contributed by atoms with van der Waals surface area (Å²) in [5.74, 6) is 0.730. The lowest BCUT2D eigenvalue weighted by Crippen LogP contribution is -2.12.